The van der Waals surface area contributed by atoms with Crippen molar-refractivity contribution < 1.29 is 18.8 Å². The topological polar surface area (TPSA) is 81.5 Å². The second-order valence-electron chi connectivity index (χ2n) is 5.12. The number of esters is 1. The van der Waals surface area contributed by atoms with Crippen molar-refractivity contribution in [3.05, 3.63) is 39.7 Å². The summed E-state index contributed by atoms with van der Waals surface area (Å²) in [5.41, 5.74) is 0.00900. The Labute approximate surface area is 122 Å². The lowest BCUT2D eigenvalue weighted by Gasteiger charge is -2.18. The Bertz CT molecular complexity index is 520. The van der Waals surface area contributed by atoms with Crippen molar-refractivity contribution >= 4 is 11.7 Å². The van der Waals surface area contributed by atoms with Gasteiger partial charge in [-0.1, -0.05) is 13.8 Å². The molecule has 0 aliphatic heterocycles. The van der Waals surface area contributed by atoms with Gasteiger partial charge >= 0.3 is 5.97 Å². The number of carbonyl (C=O) groups is 1. The lowest BCUT2D eigenvalue weighted by atomic mass is 10.0. The number of hydrogen-bond acceptors (Lipinski definition) is 5. The van der Waals surface area contributed by atoms with Crippen molar-refractivity contribution in [3.63, 3.8) is 0 Å². The molecule has 0 amide bonds. The third-order valence-corrected chi connectivity index (χ3v) is 2.97. The van der Waals surface area contributed by atoms with E-state index in [1.165, 1.54) is 7.11 Å². The fourth-order valence-corrected chi connectivity index (χ4v) is 1.98. The van der Waals surface area contributed by atoms with Crippen molar-refractivity contribution in [2.24, 2.45) is 5.92 Å². The fraction of sp³-hybridized carbons (Fsp3) is 0.500. The Hall–Kier alpha value is -2.02. The van der Waals surface area contributed by atoms with Gasteiger partial charge in [-0.2, -0.15) is 0 Å². The van der Waals surface area contributed by atoms with Crippen LogP contribution in [0.2, 0.25) is 0 Å². The van der Waals surface area contributed by atoms with E-state index in [0.717, 1.165) is 18.2 Å². The van der Waals surface area contributed by atoms with Crippen LogP contribution < -0.4 is 5.32 Å². The Morgan fingerprint density at radius 2 is 2.14 bits per heavy atom. The van der Waals surface area contributed by atoms with Crippen LogP contribution in [-0.2, 0) is 16.1 Å². The molecule has 6 nitrogen and oxygen atoms in total. The average molecular weight is 298 g/mol. The molecule has 0 aromatic heterocycles. The molecule has 0 saturated heterocycles. The molecule has 1 aromatic carbocycles. The van der Waals surface area contributed by atoms with Crippen molar-refractivity contribution in [2.45, 2.75) is 32.9 Å². The first-order valence-corrected chi connectivity index (χ1v) is 6.59. The molecule has 1 rings (SSSR count). The number of nitro groups is 1. The zero-order chi connectivity index (χ0) is 16.0. The van der Waals surface area contributed by atoms with Crippen molar-refractivity contribution in [2.75, 3.05) is 7.11 Å². The van der Waals surface area contributed by atoms with E-state index in [4.69, 9.17) is 4.74 Å². The summed E-state index contributed by atoms with van der Waals surface area (Å²) in [6.45, 7) is 3.91. The second kappa shape index (κ2) is 7.68. The van der Waals surface area contributed by atoms with E-state index in [-0.39, 0.29) is 23.7 Å². The summed E-state index contributed by atoms with van der Waals surface area (Å²) < 4.78 is 17.9. The summed E-state index contributed by atoms with van der Waals surface area (Å²) in [4.78, 5) is 22.0. The Kier molecular flexibility index (Phi) is 6.23. The zero-order valence-corrected chi connectivity index (χ0v) is 12.3. The summed E-state index contributed by atoms with van der Waals surface area (Å²) >= 11 is 0. The molecule has 1 unspecified atom stereocenters. The Balaban J connectivity index is 2.86. The van der Waals surface area contributed by atoms with Gasteiger partial charge < -0.3 is 10.1 Å². The lowest BCUT2D eigenvalue weighted by molar-refractivity contribution is -0.385. The Morgan fingerprint density at radius 3 is 2.67 bits per heavy atom. The predicted octanol–water partition coefficient (Wildman–Crippen LogP) is 2.41. The van der Waals surface area contributed by atoms with E-state index in [0.29, 0.717) is 6.42 Å². The number of halogens is 1. The number of ether oxygens (including phenoxy) is 1. The highest BCUT2D eigenvalue weighted by atomic mass is 19.1. The molecule has 7 heteroatoms. The third-order valence-electron chi connectivity index (χ3n) is 2.97. The number of nitro benzene ring substituents is 1. The number of nitrogens with zero attached hydrogens (tertiary/aromatic N) is 1. The first-order valence-electron chi connectivity index (χ1n) is 6.59. The second-order valence-corrected chi connectivity index (χ2v) is 5.12. The maximum Gasteiger partial charge on any atom is 0.322 e. The van der Waals surface area contributed by atoms with Crippen LogP contribution >= 0.6 is 0 Å². The van der Waals surface area contributed by atoms with E-state index in [9.17, 15) is 19.3 Å². The molecule has 1 N–H and O–H groups in total. The molecular formula is C14H19FN2O4. The van der Waals surface area contributed by atoms with Gasteiger partial charge in [0.25, 0.3) is 5.69 Å². The van der Waals surface area contributed by atoms with E-state index >= 15 is 0 Å². The molecule has 0 fully saturated rings. The molecule has 0 spiro atoms. The minimum atomic E-state index is -0.585. The van der Waals surface area contributed by atoms with Gasteiger partial charge in [-0.3, -0.25) is 14.9 Å². The molecule has 0 radical (unpaired) electrons. The molecule has 116 valence electrons. The van der Waals surface area contributed by atoms with Gasteiger partial charge in [0.2, 0.25) is 0 Å². The van der Waals surface area contributed by atoms with Gasteiger partial charge in [0.1, 0.15) is 11.9 Å². The summed E-state index contributed by atoms with van der Waals surface area (Å²) in [5, 5.41) is 13.8. The van der Waals surface area contributed by atoms with E-state index in [1.54, 1.807) is 0 Å². The van der Waals surface area contributed by atoms with Gasteiger partial charge in [0.15, 0.2) is 0 Å². The zero-order valence-electron chi connectivity index (χ0n) is 12.3. The van der Waals surface area contributed by atoms with Crippen LogP contribution in [-0.4, -0.2) is 24.0 Å². The summed E-state index contributed by atoms with van der Waals surface area (Å²) in [6.07, 6.45) is 0.524. The normalized spacial score (nSPS) is 12.2. The smallest absolute Gasteiger partial charge is 0.322 e. The van der Waals surface area contributed by atoms with Gasteiger partial charge in [-0.05, 0) is 24.5 Å². The number of methoxy groups -OCH3 is 1. The molecule has 1 aromatic rings. The van der Waals surface area contributed by atoms with Gasteiger partial charge in [0.05, 0.1) is 12.0 Å². The maximum absolute atomic E-state index is 13.2. The SMILES string of the molecule is COC(=O)C(CC(C)C)NCc1cc(F)ccc1[N+](=O)[O-]. The molecule has 0 aliphatic rings. The van der Waals surface area contributed by atoms with Crippen LogP contribution in [0, 0.1) is 21.8 Å². The minimum Gasteiger partial charge on any atom is -0.468 e. The van der Waals surface area contributed by atoms with E-state index in [2.05, 4.69) is 5.32 Å². The van der Waals surface area contributed by atoms with Crippen LogP contribution in [0.15, 0.2) is 18.2 Å². The van der Waals surface area contributed by atoms with Crippen molar-refractivity contribution in [3.8, 4) is 0 Å². The van der Waals surface area contributed by atoms with Crippen LogP contribution in [0.3, 0.4) is 0 Å². The monoisotopic (exact) mass is 298 g/mol. The fourth-order valence-electron chi connectivity index (χ4n) is 1.98. The highest BCUT2D eigenvalue weighted by molar-refractivity contribution is 5.75. The summed E-state index contributed by atoms with van der Waals surface area (Å²) in [6, 6.07) is 2.66. The van der Waals surface area contributed by atoms with Crippen molar-refractivity contribution in [1.29, 1.82) is 0 Å². The van der Waals surface area contributed by atoms with Crippen LogP contribution in [0.25, 0.3) is 0 Å². The number of carbonyl (C=O) groups excluding carboxylic acids is 1. The molecular weight excluding hydrogens is 279 g/mol. The quantitative estimate of drug-likeness (QED) is 0.475. The largest absolute Gasteiger partial charge is 0.468 e. The highest BCUT2D eigenvalue weighted by Gasteiger charge is 2.22. The number of hydrogen-bond donors (Lipinski definition) is 1. The maximum atomic E-state index is 13.2. The average Bonchev–Trinajstić information content (AvgIpc) is 2.41. The van der Waals surface area contributed by atoms with Gasteiger partial charge in [0, 0.05) is 18.2 Å². The lowest BCUT2D eigenvalue weighted by Crippen LogP contribution is -2.38. The minimum absolute atomic E-state index is 0.0144. The standard InChI is InChI=1S/C14H19FN2O4/c1-9(2)6-12(14(18)21-3)16-8-10-7-11(15)4-5-13(10)17(19)20/h4-5,7,9,12,16H,6,8H2,1-3H3. The molecule has 1 atom stereocenters. The number of nitrogens with one attached hydrogen (secondary N) is 1. The molecule has 21 heavy (non-hydrogen) atoms. The van der Waals surface area contributed by atoms with Crippen LogP contribution in [0.1, 0.15) is 25.8 Å². The Morgan fingerprint density at radius 1 is 1.48 bits per heavy atom. The number of rotatable bonds is 7. The van der Waals surface area contributed by atoms with Gasteiger partial charge in [-0.15, -0.1) is 0 Å². The van der Waals surface area contributed by atoms with E-state index < -0.39 is 22.8 Å². The first-order chi connectivity index (χ1) is 9.85. The molecule has 0 saturated carbocycles. The highest BCUT2D eigenvalue weighted by Crippen LogP contribution is 2.20. The molecule has 0 bridgehead atoms. The predicted molar refractivity (Wildman–Crippen MR) is 75.2 cm³/mol. The molecule has 0 heterocycles. The van der Waals surface area contributed by atoms with Crippen LogP contribution in [0.4, 0.5) is 10.1 Å². The van der Waals surface area contributed by atoms with E-state index in [1.807, 2.05) is 13.8 Å². The molecule has 0 aliphatic carbocycles. The first kappa shape index (κ1) is 17.0. The van der Waals surface area contributed by atoms with Gasteiger partial charge in [-0.25, -0.2) is 4.39 Å². The summed E-state index contributed by atoms with van der Waals surface area (Å²) in [5.74, 6) is -0.761. The van der Waals surface area contributed by atoms with Crippen LogP contribution in [0.5, 0.6) is 0 Å². The van der Waals surface area contributed by atoms with Crippen molar-refractivity contribution in [1.82, 2.24) is 5.32 Å². The third kappa shape index (κ3) is 5.11. The summed E-state index contributed by atoms with van der Waals surface area (Å²) in [7, 11) is 1.28. The number of benzene rings is 1.